The third-order valence-electron chi connectivity index (χ3n) is 7.28. The summed E-state index contributed by atoms with van der Waals surface area (Å²) in [4.78, 5) is 28.4. The third kappa shape index (κ3) is 7.60. The molecular weight excluding hydrogens is 581 g/mol. The highest BCUT2D eigenvalue weighted by atomic mass is 35.5. The van der Waals surface area contributed by atoms with Gasteiger partial charge in [-0.2, -0.15) is 0 Å². The Labute approximate surface area is 251 Å². The van der Waals surface area contributed by atoms with Gasteiger partial charge in [0.15, 0.2) is 0 Å². The van der Waals surface area contributed by atoms with Crippen LogP contribution in [0.25, 0.3) is 0 Å². The molecule has 11 heteroatoms. The van der Waals surface area contributed by atoms with Crippen molar-refractivity contribution in [3.05, 3.63) is 89.2 Å². The molecule has 1 fully saturated rings. The van der Waals surface area contributed by atoms with Gasteiger partial charge in [0, 0.05) is 23.2 Å². The van der Waals surface area contributed by atoms with E-state index in [1.54, 1.807) is 37.3 Å². The van der Waals surface area contributed by atoms with Crippen LogP contribution in [0.4, 0.5) is 10.1 Å². The molecule has 4 rings (SSSR count). The molecule has 224 valence electrons. The van der Waals surface area contributed by atoms with Crippen LogP contribution < -0.4 is 14.4 Å². The van der Waals surface area contributed by atoms with Gasteiger partial charge in [-0.05, 0) is 81.3 Å². The number of amides is 2. The highest BCUT2D eigenvalue weighted by molar-refractivity contribution is 7.92. The van der Waals surface area contributed by atoms with Gasteiger partial charge in [0.2, 0.25) is 11.8 Å². The molecule has 0 radical (unpaired) electrons. The topological polar surface area (TPSA) is 96.0 Å². The minimum absolute atomic E-state index is 0.0102. The van der Waals surface area contributed by atoms with Gasteiger partial charge in [0.1, 0.15) is 24.2 Å². The van der Waals surface area contributed by atoms with Crippen LogP contribution in [0.3, 0.4) is 0 Å². The lowest BCUT2D eigenvalue weighted by Crippen LogP contribution is -2.52. The van der Waals surface area contributed by atoms with E-state index in [-0.39, 0.29) is 34.6 Å². The van der Waals surface area contributed by atoms with Gasteiger partial charge in [-0.15, -0.1) is 0 Å². The molecule has 1 N–H and O–H groups in total. The van der Waals surface area contributed by atoms with Crippen LogP contribution in [0.1, 0.15) is 45.1 Å². The number of hydrogen-bond donors (Lipinski definition) is 1. The van der Waals surface area contributed by atoms with Crippen molar-refractivity contribution in [3.8, 4) is 5.75 Å². The van der Waals surface area contributed by atoms with Crippen molar-refractivity contribution >= 4 is 39.1 Å². The molecule has 0 heterocycles. The first-order valence-electron chi connectivity index (χ1n) is 13.9. The van der Waals surface area contributed by atoms with Gasteiger partial charge in [0.25, 0.3) is 10.0 Å². The summed E-state index contributed by atoms with van der Waals surface area (Å²) < 4.78 is 49.0. The molecule has 0 aromatic heterocycles. The Morgan fingerprint density at radius 3 is 2.29 bits per heavy atom. The average Bonchev–Trinajstić information content (AvgIpc) is 3.49. The van der Waals surface area contributed by atoms with Crippen LogP contribution in [0, 0.1) is 5.82 Å². The van der Waals surface area contributed by atoms with Crippen molar-refractivity contribution in [2.24, 2.45) is 0 Å². The van der Waals surface area contributed by atoms with Gasteiger partial charge in [-0.25, -0.2) is 12.8 Å². The Kier molecular flexibility index (Phi) is 10.5. The van der Waals surface area contributed by atoms with Gasteiger partial charge >= 0.3 is 0 Å². The summed E-state index contributed by atoms with van der Waals surface area (Å²) >= 11 is 5.99. The molecule has 3 aromatic carbocycles. The molecule has 1 atom stereocenters. The summed E-state index contributed by atoms with van der Waals surface area (Å²) in [5.41, 5.74) is 0.426. The second-order valence-electron chi connectivity index (χ2n) is 10.2. The highest BCUT2D eigenvalue weighted by Gasteiger charge is 2.33. The lowest BCUT2D eigenvalue weighted by atomic mass is 10.1. The minimum atomic E-state index is -4.26. The van der Waals surface area contributed by atoms with Gasteiger partial charge in [-0.1, -0.05) is 42.6 Å². The number of ether oxygens (including phenoxy) is 1. The molecule has 1 aliphatic carbocycles. The number of nitrogens with zero attached hydrogens (tertiary/aromatic N) is 2. The zero-order valence-corrected chi connectivity index (χ0v) is 25.2. The van der Waals surface area contributed by atoms with E-state index < -0.39 is 34.3 Å². The van der Waals surface area contributed by atoms with Crippen molar-refractivity contribution in [2.45, 2.75) is 63.1 Å². The minimum Gasteiger partial charge on any atom is -0.494 e. The van der Waals surface area contributed by atoms with Crippen molar-refractivity contribution in [3.63, 3.8) is 0 Å². The predicted molar refractivity (Wildman–Crippen MR) is 160 cm³/mol. The van der Waals surface area contributed by atoms with Crippen molar-refractivity contribution in [1.29, 1.82) is 0 Å². The summed E-state index contributed by atoms with van der Waals surface area (Å²) in [6, 6.07) is 16.9. The van der Waals surface area contributed by atoms with Crippen LogP contribution in [-0.4, -0.2) is 50.4 Å². The van der Waals surface area contributed by atoms with Crippen molar-refractivity contribution in [1.82, 2.24) is 10.2 Å². The van der Waals surface area contributed by atoms with Gasteiger partial charge in [0.05, 0.1) is 17.2 Å². The first-order valence-corrected chi connectivity index (χ1v) is 15.8. The van der Waals surface area contributed by atoms with Crippen LogP contribution in [-0.2, 0) is 26.2 Å². The van der Waals surface area contributed by atoms with E-state index in [0.29, 0.717) is 17.4 Å². The van der Waals surface area contributed by atoms with E-state index >= 15 is 0 Å². The number of sulfonamides is 1. The number of anilines is 1. The molecule has 3 aromatic rings. The number of rotatable bonds is 12. The molecule has 0 bridgehead atoms. The number of carbonyl (C=O) groups is 2. The number of hydrogen-bond acceptors (Lipinski definition) is 5. The monoisotopic (exact) mass is 615 g/mol. The fourth-order valence-electron chi connectivity index (χ4n) is 4.92. The fraction of sp³-hybridized carbons (Fsp3) is 0.355. The lowest BCUT2D eigenvalue weighted by molar-refractivity contribution is -0.139. The van der Waals surface area contributed by atoms with Crippen LogP contribution in [0.15, 0.2) is 77.7 Å². The molecule has 42 heavy (non-hydrogen) atoms. The van der Waals surface area contributed by atoms with Gasteiger partial charge in [-0.3, -0.25) is 13.9 Å². The highest BCUT2D eigenvalue weighted by Crippen LogP contribution is 2.28. The number of halogens is 2. The van der Waals surface area contributed by atoms with Gasteiger partial charge < -0.3 is 15.0 Å². The molecule has 1 saturated carbocycles. The summed E-state index contributed by atoms with van der Waals surface area (Å²) in [6.07, 6.45) is 3.72. The number of carbonyl (C=O) groups excluding carboxylic acids is 2. The maximum Gasteiger partial charge on any atom is 0.264 e. The Hall–Kier alpha value is -3.63. The lowest BCUT2D eigenvalue weighted by Gasteiger charge is -2.32. The van der Waals surface area contributed by atoms with Crippen LogP contribution in [0.5, 0.6) is 5.75 Å². The van der Waals surface area contributed by atoms with E-state index in [9.17, 15) is 22.4 Å². The molecule has 2 amide bonds. The molecule has 8 nitrogen and oxygen atoms in total. The largest absolute Gasteiger partial charge is 0.494 e. The average molecular weight is 616 g/mol. The standard InChI is InChI=1S/C31H35ClFN3O5S/c1-3-41-27-16-14-26(15-17-27)36(42(39,40)28-18-12-24(32)13-19-28)21-30(37)35(20-23-8-4-7-11-29(23)33)22(2)31(38)34-25-9-5-6-10-25/h4,7-8,11-19,22,25H,3,5-6,9-10,20-21H2,1-2H3,(H,34,38)/t22-/m1/s1. The van der Waals surface area contributed by atoms with E-state index in [1.165, 1.54) is 47.4 Å². The summed E-state index contributed by atoms with van der Waals surface area (Å²) in [7, 11) is -4.26. The Morgan fingerprint density at radius 1 is 1.02 bits per heavy atom. The van der Waals surface area contributed by atoms with Crippen molar-refractivity contribution in [2.75, 3.05) is 17.5 Å². The fourth-order valence-corrected chi connectivity index (χ4v) is 6.46. The van der Waals surface area contributed by atoms with Crippen LogP contribution >= 0.6 is 11.6 Å². The number of benzene rings is 3. The first-order chi connectivity index (χ1) is 20.1. The molecule has 0 aliphatic heterocycles. The maximum absolute atomic E-state index is 14.7. The summed E-state index contributed by atoms with van der Waals surface area (Å²) in [6.45, 7) is 2.98. The smallest absolute Gasteiger partial charge is 0.264 e. The third-order valence-corrected chi connectivity index (χ3v) is 9.32. The predicted octanol–water partition coefficient (Wildman–Crippen LogP) is 5.55. The normalized spacial score (nSPS) is 14.3. The summed E-state index contributed by atoms with van der Waals surface area (Å²) in [5, 5.41) is 3.35. The quantitative estimate of drug-likeness (QED) is 0.288. The molecule has 0 saturated heterocycles. The van der Waals surface area contributed by atoms with E-state index in [0.717, 1.165) is 30.0 Å². The Bertz CT molecular complexity index is 1480. The molecule has 0 unspecified atom stereocenters. The van der Waals surface area contributed by atoms with E-state index in [1.807, 2.05) is 6.92 Å². The van der Waals surface area contributed by atoms with E-state index in [4.69, 9.17) is 16.3 Å². The number of nitrogens with one attached hydrogen (secondary N) is 1. The zero-order chi connectivity index (χ0) is 30.3. The SMILES string of the molecule is CCOc1ccc(N(CC(=O)N(Cc2ccccc2F)[C@H](C)C(=O)NC2CCCC2)S(=O)(=O)c2ccc(Cl)cc2)cc1. The van der Waals surface area contributed by atoms with Crippen molar-refractivity contribution < 1.29 is 27.1 Å². The zero-order valence-electron chi connectivity index (χ0n) is 23.6. The molecule has 1 aliphatic rings. The second-order valence-corrected chi connectivity index (χ2v) is 12.5. The molecular formula is C31H35ClFN3O5S. The van der Waals surface area contributed by atoms with Crippen LogP contribution in [0.2, 0.25) is 5.02 Å². The molecule has 0 spiro atoms. The Balaban J connectivity index is 1.69. The van der Waals surface area contributed by atoms with E-state index in [2.05, 4.69) is 5.32 Å². The maximum atomic E-state index is 14.7. The summed E-state index contributed by atoms with van der Waals surface area (Å²) in [5.74, 6) is -1.04. The first kappa shape index (κ1) is 31.3. The Morgan fingerprint density at radius 2 is 1.67 bits per heavy atom. The second kappa shape index (κ2) is 14.0.